The quantitative estimate of drug-likeness (QED) is 0.703. The van der Waals surface area contributed by atoms with Gasteiger partial charge in [0.05, 0.1) is 10.2 Å². The maximum Gasteiger partial charge on any atom is 0.253 e. The van der Waals surface area contributed by atoms with Crippen molar-refractivity contribution in [3.8, 4) is 0 Å². The van der Waals surface area contributed by atoms with Gasteiger partial charge in [0, 0.05) is 31.7 Å². The maximum atomic E-state index is 12.7. The monoisotopic (exact) mass is 351 g/mol. The van der Waals surface area contributed by atoms with Gasteiger partial charge in [-0.3, -0.25) is 4.79 Å². The first-order valence-corrected chi connectivity index (χ1v) is 9.40. The van der Waals surface area contributed by atoms with E-state index in [0.29, 0.717) is 0 Å². The molecule has 1 amide bonds. The summed E-state index contributed by atoms with van der Waals surface area (Å²) in [6, 6.07) is 14.1. The third-order valence-electron chi connectivity index (χ3n) is 4.71. The Kier molecular flexibility index (Phi) is 4.17. The van der Waals surface area contributed by atoms with Crippen LogP contribution in [-0.2, 0) is 0 Å². The van der Waals surface area contributed by atoms with E-state index in [1.807, 2.05) is 36.1 Å². The number of fused-ring (bicyclic) bond motifs is 1. The second-order valence-corrected chi connectivity index (χ2v) is 7.58. The molecule has 25 heavy (non-hydrogen) atoms. The van der Waals surface area contributed by atoms with Crippen molar-refractivity contribution in [3.05, 3.63) is 59.2 Å². The molecule has 0 N–H and O–H groups in total. The fourth-order valence-corrected chi connectivity index (χ4v) is 4.37. The van der Waals surface area contributed by atoms with Crippen LogP contribution in [0.25, 0.3) is 10.2 Å². The minimum absolute atomic E-state index is 0.128. The molecule has 0 radical (unpaired) electrons. The maximum absolute atomic E-state index is 12.7. The van der Waals surface area contributed by atoms with E-state index in [9.17, 15) is 4.79 Å². The lowest BCUT2D eigenvalue weighted by molar-refractivity contribution is 0.0746. The Bertz CT molecular complexity index is 926. The molecule has 3 aromatic rings. The molecule has 1 fully saturated rings. The van der Waals surface area contributed by atoms with Crippen molar-refractivity contribution in [2.45, 2.75) is 13.8 Å². The summed E-state index contributed by atoms with van der Waals surface area (Å²) >= 11 is 1.74. The third kappa shape index (κ3) is 3.12. The molecule has 1 aliphatic heterocycles. The number of nitrogens with zero attached hydrogens (tertiary/aromatic N) is 3. The number of aryl methyl sites for hydroxylation is 2. The zero-order chi connectivity index (χ0) is 17.4. The van der Waals surface area contributed by atoms with Gasteiger partial charge in [-0.2, -0.15) is 0 Å². The van der Waals surface area contributed by atoms with Gasteiger partial charge < -0.3 is 9.80 Å². The number of anilines is 1. The van der Waals surface area contributed by atoms with E-state index >= 15 is 0 Å². The Morgan fingerprint density at radius 3 is 2.52 bits per heavy atom. The Morgan fingerprint density at radius 1 is 1.04 bits per heavy atom. The van der Waals surface area contributed by atoms with Gasteiger partial charge in [0.15, 0.2) is 5.13 Å². The molecule has 4 rings (SSSR count). The van der Waals surface area contributed by atoms with Crippen LogP contribution in [0, 0.1) is 13.8 Å². The van der Waals surface area contributed by atoms with Crippen molar-refractivity contribution < 1.29 is 4.79 Å². The highest BCUT2D eigenvalue weighted by Gasteiger charge is 2.24. The van der Waals surface area contributed by atoms with E-state index in [-0.39, 0.29) is 5.91 Å². The third-order valence-corrected chi connectivity index (χ3v) is 5.79. The molecular formula is C20H21N3OS. The first kappa shape index (κ1) is 16.1. The summed E-state index contributed by atoms with van der Waals surface area (Å²) in [7, 11) is 0. The normalized spacial score (nSPS) is 15.0. The van der Waals surface area contributed by atoms with E-state index in [0.717, 1.165) is 48.0 Å². The minimum atomic E-state index is 0.128. The van der Waals surface area contributed by atoms with Crippen LogP contribution in [-0.4, -0.2) is 42.0 Å². The van der Waals surface area contributed by atoms with Gasteiger partial charge in [0.1, 0.15) is 0 Å². The molecule has 0 unspecified atom stereocenters. The van der Waals surface area contributed by atoms with Crippen molar-refractivity contribution in [2.24, 2.45) is 0 Å². The molecule has 1 saturated heterocycles. The summed E-state index contributed by atoms with van der Waals surface area (Å²) in [5.41, 5.74) is 4.22. The number of carbonyl (C=O) groups excluding carboxylic acids is 1. The Morgan fingerprint density at radius 2 is 1.80 bits per heavy atom. The summed E-state index contributed by atoms with van der Waals surface area (Å²) in [5, 5.41) is 1.06. The molecule has 1 aliphatic rings. The Balaban J connectivity index is 1.47. The highest BCUT2D eigenvalue weighted by atomic mass is 32.1. The molecule has 2 aromatic carbocycles. The molecule has 0 bridgehead atoms. The van der Waals surface area contributed by atoms with E-state index in [4.69, 9.17) is 4.98 Å². The standard InChI is InChI=1S/C20H21N3OS/c1-14-5-3-7-16(13-14)19(24)22-9-11-23(12-10-22)20-21-18-15(2)6-4-8-17(18)25-20/h3-8,13H,9-12H2,1-2H3. The predicted octanol–water partition coefficient (Wildman–Crippen LogP) is 3.88. The molecule has 0 saturated carbocycles. The molecule has 4 nitrogen and oxygen atoms in total. The van der Waals surface area contributed by atoms with Crippen molar-refractivity contribution in [2.75, 3.05) is 31.1 Å². The number of thiazole rings is 1. The number of piperazine rings is 1. The van der Waals surface area contributed by atoms with Gasteiger partial charge in [-0.15, -0.1) is 0 Å². The second-order valence-electron chi connectivity index (χ2n) is 6.57. The van der Waals surface area contributed by atoms with E-state index in [2.05, 4.69) is 30.0 Å². The number of aromatic nitrogens is 1. The first-order chi connectivity index (χ1) is 12.1. The first-order valence-electron chi connectivity index (χ1n) is 8.59. The molecule has 0 aliphatic carbocycles. The number of hydrogen-bond donors (Lipinski definition) is 0. The lowest BCUT2D eigenvalue weighted by Gasteiger charge is -2.34. The van der Waals surface area contributed by atoms with Crippen molar-refractivity contribution in [3.63, 3.8) is 0 Å². The van der Waals surface area contributed by atoms with Crippen molar-refractivity contribution in [1.29, 1.82) is 0 Å². The van der Waals surface area contributed by atoms with Crippen LogP contribution in [0.5, 0.6) is 0 Å². The predicted molar refractivity (Wildman–Crippen MR) is 104 cm³/mol. The number of amides is 1. The van der Waals surface area contributed by atoms with Gasteiger partial charge in [0.2, 0.25) is 0 Å². The molecular weight excluding hydrogens is 330 g/mol. The van der Waals surface area contributed by atoms with E-state index < -0.39 is 0 Å². The zero-order valence-electron chi connectivity index (χ0n) is 14.5. The molecule has 0 atom stereocenters. The van der Waals surface area contributed by atoms with Gasteiger partial charge >= 0.3 is 0 Å². The zero-order valence-corrected chi connectivity index (χ0v) is 15.3. The Hall–Kier alpha value is -2.40. The summed E-state index contributed by atoms with van der Waals surface area (Å²) < 4.78 is 1.23. The van der Waals surface area contributed by atoms with E-state index in [1.54, 1.807) is 11.3 Å². The smallest absolute Gasteiger partial charge is 0.253 e. The number of para-hydroxylation sites is 1. The molecule has 128 valence electrons. The Labute approximate surface area is 151 Å². The van der Waals surface area contributed by atoms with Gasteiger partial charge in [-0.1, -0.05) is 41.2 Å². The van der Waals surface area contributed by atoms with Gasteiger partial charge in [0.25, 0.3) is 5.91 Å². The molecule has 5 heteroatoms. The fourth-order valence-electron chi connectivity index (χ4n) is 3.27. The second kappa shape index (κ2) is 6.48. The highest BCUT2D eigenvalue weighted by molar-refractivity contribution is 7.22. The van der Waals surface area contributed by atoms with Crippen LogP contribution in [0.1, 0.15) is 21.5 Å². The van der Waals surface area contributed by atoms with Crippen LogP contribution in [0.4, 0.5) is 5.13 Å². The lowest BCUT2D eigenvalue weighted by atomic mass is 10.1. The largest absolute Gasteiger partial charge is 0.345 e. The molecule has 1 aromatic heterocycles. The van der Waals surface area contributed by atoms with Crippen LogP contribution in [0.15, 0.2) is 42.5 Å². The number of benzene rings is 2. The fraction of sp³-hybridized carbons (Fsp3) is 0.300. The van der Waals surface area contributed by atoms with Gasteiger partial charge in [-0.25, -0.2) is 4.98 Å². The topological polar surface area (TPSA) is 36.4 Å². The van der Waals surface area contributed by atoms with Crippen LogP contribution in [0.2, 0.25) is 0 Å². The number of carbonyl (C=O) groups is 1. The SMILES string of the molecule is Cc1cccc(C(=O)N2CCN(c3nc4c(C)cccc4s3)CC2)c1. The van der Waals surface area contributed by atoms with Crippen LogP contribution >= 0.6 is 11.3 Å². The average Bonchev–Trinajstić information content (AvgIpc) is 3.07. The number of rotatable bonds is 2. The summed E-state index contributed by atoms with van der Waals surface area (Å²) in [6.07, 6.45) is 0. The molecule has 2 heterocycles. The van der Waals surface area contributed by atoms with Crippen LogP contribution in [0.3, 0.4) is 0 Å². The summed E-state index contributed by atoms with van der Waals surface area (Å²) in [4.78, 5) is 21.7. The lowest BCUT2D eigenvalue weighted by Crippen LogP contribution is -2.48. The highest BCUT2D eigenvalue weighted by Crippen LogP contribution is 2.31. The van der Waals surface area contributed by atoms with Gasteiger partial charge in [-0.05, 0) is 37.6 Å². The van der Waals surface area contributed by atoms with Crippen molar-refractivity contribution >= 4 is 32.6 Å². The number of hydrogen-bond acceptors (Lipinski definition) is 4. The van der Waals surface area contributed by atoms with Crippen molar-refractivity contribution in [1.82, 2.24) is 9.88 Å². The average molecular weight is 351 g/mol. The van der Waals surface area contributed by atoms with Crippen LogP contribution < -0.4 is 4.90 Å². The summed E-state index contributed by atoms with van der Waals surface area (Å²) in [5.74, 6) is 0.128. The molecule has 0 spiro atoms. The summed E-state index contributed by atoms with van der Waals surface area (Å²) in [6.45, 7) is 7.25. The van der Waals surface area contributed by atoms with E-state index in [1.165, 1.54) is 10.3 Å². The minimum Gasteiger partial charge on any atom is -0.345 e.